The van der Waals surface area contributed by atoms with E-state index >= 15 is 0 Å². The van der Waals surface area contributed by atoms with Crippen molar-refractivity contribution in [3.05, 3.63) is 57.3 Å². The summed E-state index contributed by atoms with van der Waals surface area (Å²) < 4.78 is 1.03. The number of halogens is 1. The van der Waals surface area contributed by atoms with Crippen LogP contribution in [0.1, 0.15) is 41.8 Å². The topological polar surface area (TPSA) is 65.7 Å². The van der Waals surface area contributed by atoms with E-state index in [1.165, 1.54) is 0 Å². The van der Waals surface area contributed by atoms with Crippen molar-refractivity contribution in [2.24, 2.45) is 4.99 Å². The highest BCUT2D eigenvalue weighted by Gasteiger charge is 2.11. The van der Waals surface area contributed by atoms with Crippen LogP contribution in [0.3, 0.4) is 0 Å². The fraction of sp³-hybridized carbons (Fsp3) is 0.294. The van der Waals surface area contributed by atoms with Crippen LogP contribution in [0.15, 0.2) is 39.9 Å². The number of aromatic nitrogens is 1. The quantitative estimate of drug-likeness (QED) is 0.792. The maximum atomic E-state index is 10.1. The molecule has 5 heteroatoms. The molecule has 0 amide bonds. The van der Waals surface area contributed by atoms with Crippen LogP contribution in [-0.2, 0) is 6.61 Å². The van der Waals surface area contributed by atoms with Gasteiger partial charge in [0.2, 0.25) is 0 Å². The molecule has 0 aliphatic heterocycles. The smallest absolute Gasteiger partial charge is 0.145 e. The van der Waals surface area contributed by atoms with Crippen molar-refractivity contribution in [3.63, 3.8) is 0 Å². The minimum absolute atomic E-state index is 0.00696. The lowest BCUT2D eigenvalue weighted by molar-refractivity contribution is 0.280. The predicted molar refractivity (Wildman–Crippen MR) is 91.3 cm³/mol. The molecule has 22 heavy (non-hydrogen) atoms. The van der Waals surface area contributed by atoms with Crippen molar-refractivity contribution in [2.75, 3.05) is 0 Å². The molecule has 0 aliphatic carbocycles. The first-order valence-corrected chi connectivity index (χ1v) is 7.93. The molecule has 2 rings (SSSR count). The Morgan fingerprint density at radius 1 is 1.32 bits per heavy atom. The summed E-state index contributed by atoms with van der Waals surface area (Å²) in [6, 6.07) is 8.04. The molecule has 0 spiro atoms. The van der Waals surface area contributed by atoms with Crippen LogP contribution < -0.4 is 0 Å². The van der Waals surface area contributed by atoms with Crippen molar-refractivity contribution in [3.8, 4) is 5.75 Å². The van der Waals surface area contributed by atoms with Crippen LogP contribution in [0.5, 0.6) is 5.75 Å². The fourth-order valence-electron chi connectivity index (χ4n) is 2.20. The van der Waals surface area contributed by atoms with Crippen molar-refractivity contribution in [1.82, 2.24) is 4.98 Å². The standard InChI is InChI=1S/C17H19BrN2O2/c1-3-16(12-4-6-14(18)7-5-12)20-9-15-13(10-21)8-19-11(2)17(15)22/h4-9,16,21-22H,3,10H2,1-2H3/t16-/m0/s1. The number of hydrogen-bond acceptors (Lipinski definition) is 4. The van der Waals surface area contributed by atoms with E-state index in [1.54, 1.807) is 19.3 Å². The Labute approximate surface area is 138 Å². The molecule has 1 aromatic heterocycles. The third-order valence-electron chi connectivity index (χ3n) is 3.55. The minimum atomic E-state index is -0.183. The van der Waals surface area contributed by atoms with Gasteiger partial charge >= 0.3 is 0 Å². The molecule has 0 fully saturated rings. The second kappa shape index (κ2) is 7.51. The number of nitrogens with zero attached hydrogens (tertiary/aromatic N) is 2. The lowest BCUT2D eigenvalue weighted by Gasteiger charge is -2.12. The van der Waals surface area contributed by atoms with Gasteiger partial charge in [0, 0.05) is 28.0 Å². The summed E-state index contributed by atoms with van der Waals surface area (Å²) in [4.78, 5) is 8.63. The normalized spacial score (nSPS) is 12.7. The SMILES string of the molecule is CC[C@H](N=Cc1c(CO)cnc(C)c1O)c1ccc(Br)cc1. The maximum absolute atomic E-state index is 10.1. The van der Waals surface area contributed by atoms with Crippen LogP contribution in [-0.4, -0.2) is 21.4 Å². The number of aliphatic hydroxyl groups excluding tert-OH is 1. The largest absolute Gasteiger partial charge is 0.505 e. The van der Waals surface area contributed by atoms with Gasteiger partial charge in [0.25, 0.3) is 0 Å². The Bertz CT molecular complexity index is 669. The van der Waals surface area contributed by atoms with E-state index in [2.05, 4.69) is 32.8 Å². The average Bonchev–Trinajstić information content (AvgIpc) is 2.53. The molecule has 0 unspecified atom stereocenters. The molecule has 116 valence electrons. The highest BCUT2D eigenvalue weighted by Crippen LogP contribution is 2.26. The molecular formula is C17H19BrN2O2. The fourth-order valence-corrected chi connectivity index (χ4v) is 2.46. The minimum Gasteiger partial charge on any atom is -0.505 e. The van der Waals surface area contributed by atoms with Gasteiger partial charge in [0.05, 0.1) is 18.3 Å². The molecule has 0 saturated carbocycles. The van der Waals surface area contributed by atoms with E-state index in [9.17, 15) is 10.2 Å². The van der Waals surface area contributed by atoms with Crippen molar-refractivity contribution >= 4 is 22.1 Å². The Morgan fingerprint density at radius 2 is 2.00 bits per heavy atom. The van der Waals surface area contributed by atoms with Gasteiger partial charge in [0.15, 0.2) is 0 Å². The molecule has 1 atom stereocenters. The first kappa shape index (κ1) is 16.6. The molecule has 1 aromatic carbocycles. The van der Waals surface area contributed by atoms with Gasteiger partial charge in [-0.2, -0.15) is 0 Å². The first-order valence-electron chi connectivity index (χ1n) is 7.13. The second-order valence-electron chi connectivity index (χ2n) is 5.04. The zero-order valence-electron chi connectivity index (χ0n) is 12.6. The second-order valence-corrected chi connectivity index (χ2v) is 5.96. The van der Waals surface area contributed by atoms with E-state index < -0.39 is 0 Å². The van der Waals surface area contributed by atoms with Gasteiger partial charge in [-0.3, -0.25) is 9.98 Å². The van der Waals surface area contributed by atoms with Crippen LogP contribution in [0.25, 0.3) is 0 Å². The summed E-state index contributed by atoms with van der Waals surface area (Å²) in [5, 5.41) is 19.5. The summed E-state index contributed by atoms with van der Waals surface area (Å²) in [5.74, 6) is 0.0703. The molecular weight excluding hydrogens is 344 g/mol. The summed E-state index contributed by atoms with van der Waals surface area (Å²) in [6.45, 7) is 3.60. The van der Waals surface area contributed by atoms with E-state index in [4.69, 9.17) is 0 Å². The van der Waals surface area contributed by atoms with E-state index in [0.717, 1.165) is 16.5 Å². The highest BCUT2D eigenvalue weighted by atomic mass is 79.9. The molecule has 0 radical (unpaired) electrons. The third kappa shape index (κ3) is 3.72. The number of benzene rings is 1. The number of aliphatic hydroxyl groups is 1. The summed E-state index contributed by atoms with van der Waals surface area (Å²) in [7, 11) is 0. The predicted octanol–water partition coefficient (Wildman–Crippen LogP) is 3.92. The van der Waals surface area contributed by atoms with Crippen molar-refractivity contribution in [1.29, 1.82) is 0 Å². The Hall–Kier alpha value is -1.72. The van der Waals surface area contributed by atoms with Gasteiger partial charge in [-0.25, -0.2) is 0 Å². The Morgan fingerprint density at radius 3 is 2.59 bits per heavy atom. The van der Waals surface area contributed by atoms with E-state index in [1.807, 2.05) is 24.3 Å². The van der Waals surface area contributed by atoms with Crippen LogP contribution in [0.2, 0.25) is 0 Å². The molecule has 2 N–H and O–H groups in total. The van der Waals surface area contributed by atoms with Gasteiger partial charge in [-0.15, -0.1) is 0 Å². The van der Waals surface area contributed by atoms with Gasteiger partial charge in [-0.05, 0) is 31.0 Å². The molecule has 0 saturated heterocycles. The van der Waals surface area contributed by atoms with Crippen molar-refractivity contribution < 1.29 is 10.2 Å². The maximum Gasteiger partial charge on any atom is 0.145 e. The van der Waals surface area contributed by atoms with Gasteiger partial charge in [-0.1, -0.05) is 35.0 Å². The summed E-state index contributed by atoms with van der Waals surface area (Å²) in [5.41, 5.74) is 2.73. The monoisotopic (exact) mass is 362 g/mol. The molecule has 0 aliphatic rings. The van der Waals surface area contributed by atoms with E-state index in [-0.39, 0.29) is 18.4 Å². The van der Waals surface area contributed by atoms with Crippen molar-refractivity contribution in [2.45, 2.75) is 32.9 Å². The summed E-state index contributed by atoms with van der Waals surface area (Å²) in [6.07, 6.45) is 4.04. The zero-order chi connectivity index (χ0) is 16.1. The highest BCUT2D eigenvalue weighted by molar-refractivity contribution is 9.10. The lowest BCUT2D eigenvalue weighted by Crippen LogP contribution is -2.00. The van der Waals surface area contributed by atoms with Gasteiger partial charge < -0.3 is 10.2 Å². The average molecular weight is 363 g/mol. The van der Waals surface area contributed by atoms with E-state index in [0.29, 0.717) is 16.8 Å². The number of hydrogen-bond donors (Lipinski definition) is 2. The lowest BCUT2D eigenvalue weighted by atomic mass is 10.0. The third-order valence-corrected chi connectivity index (χ3v) is 4.08. The molecule has 0 bridgehead atoms. The molecule has 2 aromatic rings. The number of aryl methyl sites for hydroxylation is 1. The number of pyridine rings is 1. The number of aliphatic imine (C=N–C) groups is 1. The van der Waals surface area contributed by atoms with Crippen LogP contribution >= 0.6 is 15.9 Å². The number of rotatable bonds is 5. The number of aromatic hydroxyl groups is 1. The Balaban J connectivity index is 2.33. The Kier molecular flexibility index (Phi) is 5.69. The molecule has 4 nitrogen and oxygen atoms in total. The van der Waals surface area contributed by atoms with Crippen LogP contribution in [0.4, 0.5) is 0 Å². The van der Waals surface area contributed by atoms with Crippen LogP contribution in [0, 0.1) is 6.92 Å². The zero-order valence-corrected chi connectivity index (χ0v) is 14.2. The van der Waals surface area contributed by atoms with Gasteiger partial charge in [0.1, 0.15) is 5.75 Å². The summed E-state index contributed by atoms with van der Waals surface area (Å²) >= 11 is 3.42. The molecule has 1 heterocycles. The first-order chi connectivity index (χ1) is 10.6.